The second kappa shape index (κ2) is 13.4. The molecule has 6 atom stereocenters. The molecule has 7 nitrogen and oxygen atoms in total. The van der Waals surface area contributed by atoms with Crippen LogP contribution in [0.1, 0.15) is 16.7 Å². The Morgan fingerprint density at radius 3 is 1.85 bits per heavy atom. The molecule has 0 aromatic heterocycles. The quantitative estimate of drug-likeness (QED) is 0.323. The second-order valence-electron chi connectivity index (χ2n) is 9.80. The number of fused-ring (bicyclic) bond motifs is 1. The van der Waals surface area contributed by atoms with Crippen LogP contribution in [0.25, 0.3) is 0 Å². The van der Waals surface area contributed by atoms with E-state index in [0.29, 0.717) is 13.2 Å². The van der Waals surface area contributed by atoms with E-state index in [9.17, 15) is 4.79 Å². The van der Waals surface area contributed by atoms with E-state index in [4.69, 9.17) is 23.9 Å². The Hall–Kier alpha value is -3.01. The van der Waals surface area contributed by atoms with Crippen LogP contribution in [-0.2, 0) is 43.6 Å². The van der Waals surface area contributed by atoms with Crippen molar-refractivity contribution in [3.63, 3.8) is 0 Å². The van der Waals surface area contributed by atoms with Crippen LogP contribution < -0.4 is 0 Å². The molecule has 0 amide bonds. The smallest absolute Gasteiger partial charge is 0.161 e. The van der Waals surface area contributed by atoms with Crippen molar-refractivity contribution in [2.45, 2.75) is 55.7 Å². The average molecular weight is 547 g/mol. The summed E-state index contributed by atoms with van der Waals surface area (Å²) in [5, 5.41) is 0.855. The first-order valence-corrected chi connectivity index (χ1v) is 14.0. The number of thioether (sulfide) groups is 1. The summed E-state index contributed by atoms with van der Waals surface area (Å²) >= 11 is 1.54. The van der Waals surface area contributed by atoms with Gasteiger partial charge in [-0.15, -0.1) is 0 Å². The summed E-state index contributed by atoms with van der Waals surface area (Å²) < 4.78 is 25.8. The molecule has 0 bridgehead atoms. The van der Waals surface area contributed by atoms with Gasteiger partial charge in [-0.3, -0.25) is 4.99 Å². The van der Waals surface area contributed by atoms with Crippen molar-refractivity contribution >= 4 is 23.2 Å². The summed E-state index contributed by atoms with van der Waals surface area (Å²) in [5.74, 6) is 0. The minimum Gasteiger partial charge on any atom is -0.368 e. The van der Waals surface area contributed by atoms with Crippen LogP contribution in [0.2, 0.25) is 0 Å². The third-order valence-corrected chi connectivity index (χ3v) is 8.04. The summed E-state index contributed by atoms with van der Waals surface area (Å²) in [6.45, 7) is 1.02. The van der Waals surface area contributed by atoms with Gasteiger partial charge in [0.25, 0.3) is 0 Å². The van der Waals surface area contributed by atoms with Gasteiger partial charge in [0.15, 0.2) is 11.5 Å². The van der Waals surface area contributed by atoms with Crippen molar-refractivity contribution in [1.29, 1.82) is 0 Å². The van der Waals surface area contributed by atoms with Crippen molar-refractivity contribution in [1.82, 2.24) is 4.90 Å². The Kier molecular flexibility index (Phi) is 9.44. The number of aldehydes is 1. The van der Waals surface area contributed by atoms with E-state index in [1.54, 1.807) is 0 Å². The molecule has 0 spiro atoms. The number of amidine groups is 1. The van der Waals surface area contributed by atoms with Crippen LogP contribution in [0, 0.1) is 0 Å². The normalized spacial score (nSPS) is 25.0. The molecule has 3 aromatic carbocycles. The third kappa shape index (κ3) is 6.96. The topological polar surface area (TPSA) is 69.6 Å². The summed E-state index contributed by atoms with van der Waals surface area (Å²) in [7, 11) is 3.92. The number of nitrogens with zero attached hydrogens (tertiary/aromatic N) is 2. The van der Waals surface area contributed by atoms with Gasteiger partial charge in [0, 0.05) is 14.1 Å². The highest BCUT2D eigenvalue weighted by atomic mass is 32.2. The third-order valence-electron chi connectivity index (χ3n) is 6.73. The van der Waals surface area contributed by atoms with Crippen LogP contribution in [0.5, 0.6) is 0 Å². The summed E-state index contributed by atoms with van der Waals surface area (Å²) in [6, 6.07) is 29.5. The molecule has 0 N–H and O–H groups in total. The lowest BCUT2D eigenvalue weighted by atomic mass is 9.94. The molecule has 204 valence electrons. The standard InChI is InChI=1S/C31H34N2O5S/c1-33(2)31-32-26-28(36-20-23-14-8-4-9-15-23)29(37-21-24-16-10-5-11-17-24)27(38-30(26)39-31)25(18-34)35-19-22-12-6-3-7-13-22/h3-18,25-30H,19-21H2,1-2H3/t25?,26-,27-,28-,29-,30-/m1/s1. The van der Waals surface area contributed by atoms with Gasteiger partial charge in [0.2, 0.25) is 0 Å². The molecule has 3 aromatic rings. The molecule has 0 aliphatic carbocycles. The fourth-order valence-corrected chi connectivity index (χ4v) is 5.86. The first kappa shape index (κ1) is 27.6. The van der Waals surface area contributed by atoms with Crippen LogP contribution >= 0.6 is 11.8 Å². The van der Waals surface area contributed by atoms with Gasteiger partial charge in [0.1, 0.15) is 35.9 Å². The summed E-state index contributed by atoms with van der Waals surface area (Å²) in [5.41, 5.74) is 2.72. The molecule has 8 heteroatoms. The van der Waals surface area contributed by atoms with E-state index in [1.807, 2.05) is 110 Å². The highest BCUT2D eigenvalue weighted by Gasteiger charge is 2.53. The number of aliphatic imine (C=N–C) groups is 1. The molecular weight excluding hydrogens is 512 g/mol. The van der Waals surface area contributed by atoms with Crippen molar-refractivity contribution in [3.8, 4) is 0 Å². The van der Waals surface area contributed by atoms with Crippen molar-refractivity contribution in [2.24, 2.45) is 4.99 Å². The first-order chi connectivity index (χ1) is 19.1. The molecule has 2 aliphatic heterocycles. The Balaban J connectivity index is 1.43. The molecule has 39 heavy (non-hydrogen) atoms. The van der Waals surface area contributed by atoms with Crippen molar-refractivity contribution < 1.29 is 23.7 Å². The average Bonchev–Trinajstić information content (AvgIpc) is 3.41. The largest absolute Gasteiger partial charge is 0.368 e. The highest BCUT2D eigenvalue weighted by Crippen LogP contribution is 2.41. The Morgan fingerprint density at radius 2 is 1.33 bits per heavy atom. The number of rotatable bonds is 11. The van der Waals surface area contributed by atoms with E-state index >= 15 is 0 Å². The predicted molar refractivity (Wildman–Crippen MR) is 152 cm³/mol. The number of carbonyl (C=O) groups excluding carboxylic acids is 1. The lowest BCUT2D eigenvalue weighted by molar-refractivity contribution is -0.224. The van der Waals surface area contributed by atoms with Gasteiger partial charge in [-0.2, -0.15) is 0 Å². The number of benzene rings is 3. The van der Waals surface area contributed by atoms with Crippen molar-refractivity contribution in [2.75, 3.05) is 14.1 Å². The van der Waals surface area contributed by atoms with E-state index in [2.05, 4.69) is 0 Å². The molecular formula is C31H34N2O5S. The van der Waals surface area contributed by atoms with Crippen LogP contribution in [0.3, 0.4) is 0 Å². The highest BCUT2D eigenvalue weighted by molar-refractivity contribution is 8.14. The summed E-state index contributed by atoms with van der Waals surface area (Å²) in [4.78, 5) is 19.4. The molecule has 1 unspecified atom stereocenters. The monoisotopic (exact) mass is 546 g/mol. The number of ether oxygens (including phenoxy) is 4. The Morgan fingerprint density at radius 1 is 0.821 bits per heavy atom. The van der Waals surface area contributed by atoms with Gasteiger partial charge in [-0.25, -0.2) is 0 Å². The van der Waals surface area contributed by atoms with Gasteiger partial charge in [-0.1, -0.05) is 103 Å². The molecule has 2 heterocycles. The molecule has 0 radical (unpaired) electrons. The lowest BCUT2D eigenvalue weighted by Gasteiger charge is -2.44. The van der Waals surface area contributed by atoms with E-state index in [-0.39, 0.29) is 18.1 Å². The molecule has 1 saturated heterocycles. The van der Waals surface area contributed by atoms with Crippen LogP contribution in [0.15, 0.2) is 96.0 Å². The van der Waals surface area contributed by atoms with E-state index < -0.39 is 24.4 Å². The lowest BCUT2D eigenvalue weighted by Crippen LogP contribution is -2.60. The molecule has 0 saturated carbocycles. The zero-order valence-corrected chi connectivity index (χ0v) is 23.0. The van der Waals surface area contributed by atoms with Gasteiger partial charge < -0.3 is 28.6 Å². The van der Waals surface area contributed by atoms with Crippen LogP contribution in [0.4, 0.5) is 0 Å². The Labute approximate surface area is 234 Å². The van der Waals surface area contributed by atoms with E-state index in [1.165, 1.54) is 11.8 Å². The molecule has 1 fully saturated rings. The SMILES string of the molecule is CN(C)C1=N[C@@H]2[C@@H](OCc3ccccc3)[C@H](OCc3ccccc3)[C@@H](C(C=O)OCc3ccccc3)O[C@@H]2S1. The first-order valence-electron chi connectivity index (χ1n) is 13.1. The maximum Gasteiger partial charge on any atom is 0.161 e. The van der Waals surface area contributed by atoms with Crippen molar-refractivity contribution in [3.05, 3.63) is 108 Å². The Bertz CT molecular complexity index is 1210. The maximum absolute atomic E-state index is 12.5. The van der Waals surface area contributed by atoms with Gasteiger partial charge >= 0.3 is 0 Å². The fourth-order valence-electron chi connectivity index (χ4n) is 4.72. The number of hydrogen-bond acceptors (Lipinski definition) is 8. The van der Waals surface area contributed by atoms with Crippen LogP contribution in [-0.4, -0.2) is 66.3 Å². The predicted octanol–water partition coefficient (Wildman–Crippen LogP) is 4.70. The zero-order chi connectivity index (χ0) is 27.0. The zero-order valence-electron chi connectivity index (χ0n) is 22.2. The number of hydrogen-bond donors (Lipinski definition) is 0. The molecule has 5 rings (SSSR count). The summed E-state index contributed by atoms with van der Waals surface area (Å²) in [6.07, 6.45) is -1.76. The maximum atomic E-state index is 12.5. The minimum absolute atomic E-state index is 0.283. The minimum atomic E-state index is -0.848. The van der Waals surface area contributed by atoms with E-state index in [0.717, 1.165) is 28.1 Å². The fraction of sp³-hybridized carbons (Fsp3) is 0.355. The van der Waals surface area contributed by atoms with Gasteiger partial charge in [-0.05, 0) is 16.7 Å². The molecule has 2 aliphatic rings. The number of carbonyl (C=O) groups is 1. The van der Waals surface area contributed by atoms with Gasteiger partial charge in [0.05, 0.1) is 19.8 Å². The second-order valence-corrected chi connectivity index (χ2v) is 10.9.